The summed E-state index contributed by atoms with van der Waals surface area (Å²) in [7, 11) is 0. The molecule has 160 valence electrons. The molecule has 10 heteroatoms. The molecule has 5 heterocycles. The van der Waals surface area contributed by atoms with Gasteiger partial charge in [-0.15, -0.1) is 22.7 Å². The van der Waals surface area contributed by atoms with Gasteiger partial charge in [-0.1, -0.05) is 24.3 Å². The third-order valence-corrected chi connectivity index (χ3v) is 9.76. The van der Waals surface area contributed by atoms with Crippen LogP contribution in [0.4, 0.5) is 0 Å². The highest BCUT2D eigenvalue weighted by Crippen LogP contribution is 2.60. The zero-order chi connectivity index (χ0) is 21.6. The molecule has 0 amide bonds. The first kappa shape index (κ1) is 18.8. The summed E-state index contributed by atoms with van der Waals surface area (Å²) in [5.41, 5.74) is 8.15. The third kappa shape index (κ3) is 2.48. The van der Waals surface area contributed by atoms with Gasteiger partial charge in [0.15, 0.2) is 0 Å². The summed E-state index contributed by atoms with van der Waals surface area (Å²) in [5.74, 6) is -0.837. The van der Waals surface area contributed by atoms with Gasteiger partial charge in [-0.3, -0.25) is 0 Å². The zero-order valence-corrected chi connectivity index (χ0v) is 20.0. The normalized spacial score (nSPS) is 16.2. The van der Waals surface area contributed by atoms with Gasteiger partial charge in [0.2, 0.25) is 5.79 Å². The maximum Gasteiger partial charge on any atom is 0.225 e. The Morgan fingerprint density at radius 3 is 1.70 bits per heavy atom. The van der Waals surface area contributed by atoms with Crippen LogP contribution in [-0.2, 0) is 15.3 Å². The van der Waals surface area contributed by atoms with Crippen LogP contribution in [-0.4, -0.2) is 30.7 Å². The fraction of sp³-hybridized carbons (Fsp3) is 0.130. The number of hydrogen-bond acceptors (Lipinski definition) is 10. The van der Waals surface area contributed by atoms with Crippen molar-refractivity contribution in [2.75, 3.05) is 13.2 Å². The molecule has 1 fully saturated rings. The minimum Gasteiger partial charge on any atom is -0.340 e. The lowest BCUT2D eigenvalue weighted by atomic mass is 10.0. The number of thiophene rings is 2. The summed E-state index contributed by atoms with van der Waals surface area (Å²) in [6, 6.07) is 16.8. The molecule has 1 spiro atoms. The van der Waals surface area contributed by atoms with Crippen LogP contribution in [0.2, 0.25) is 0 Å². The maximum atomic E-state index is 6.34. The molecular formula is C23H12N4O2S4. The Morgan fingerprint density at radius 1 is 0.667 bits per heavy atom. The summed E-state index contributed by atoms with van der Waals surface area (Å²) < 4.78 is 30.6. The standard InChI is InChI=1S/C23H12N4O2S4/c1-3-11(19-15(5-1)24-32-26-19)17-9-13-21(30-17)22-14(23(13)28-7-8-29-23)10-18(31-22)12-4-2-6-16-20(12)27-33-25-16/h1-6,9-10H,7-8H2. The number of aromatic nitrogens is 4. The molecule has 8 rings (SSSR count). The Morgan fingerprint density at radius 2 is 1.18 bits per heavy atom. The van der Waals surface area contributed by atoms with Crippen LogP contribution >= 0.6 is 46.1 Å². The van der Waals surface area contributed by atoms with Crippen molar-refractivity contribution in [2.24, 2.45) is 0 Å². The predicted octanol–water partition coefficient (Wildman–Crippen LogP) is 6.38. The molecule has 1 aliphatic carbocycles. The average Bonchev–Trinajstić information content (AvgIpc) is 3.67. The highest BCUT2D eigenvalue weighted by Gasteiger charge is 2.51. The molecule has 0 bridgehead atoms. The van der Waals surface area contributed by atoms with E-state index in [4.69, 9.17) is 9.47 Å². The first-order valence-electron chi connectivity index (χ1n) is 10.3. The Kier molecular flexibility index (Phi) is 3.83. The minimum atomic E-state index is -0.837. The molecule has 33 heavy (non-hydrogen) atoms. The quantitative estimate of drug-likeness (QED) is 0.272. The molecule has 6 aromatic rings. The van der Waals surface area contributed by atoms with Crippen LogP contribution < -0.4 is 0 Å². The topological polar surface area (TPSA) is 70.0 Å². The van der Waals surface area contributed by atoms with E-state index >= 15 is 0 Å². The van der Waals surface area contributed by atoms with E-state index in [1.165, 1.54) is 33.2 Å². The average molecular weight is 505 g/mol. The fourth-order valence-electron chi connectivity index (χ4n) is 4.75. The van der Waals surface area contributed by atoms with Crippen LogP contribution in [0.15, 0.2) is 48.5 Å². The molecule has 0 atom stereocenters. The van der Waals surface area contributed by atoms with Crippen molar-refractivity contribution < 1.29 is 9.47 Å². The number of fused-ring (bicyclic) bond motifs is 7. The summed E-state index contributed by atoms with van der Waals surface area (Å²) in [4.78, 5) is 4.73. The molecule has 4 aromatic heterocycles. The van der Waals surface area contributed by atoms with E-state index in [-0.39, 0.29) is 0 Å². The van der Waals surface area contributed by atoms with Crippen molar-refractivity contribution in [1.29, 1.82) is 0 Å². The molecular weight excluding hydrogens is 493 g/mol. The van der Waals surface area contributed by atoms with Gasteiger partial charge in [0.05, 0.1) is 46.4 Å². The number of rotatable bonds is 2. The highest BCUT2D eigenvalue weighted by molar-refractivity contribution is 7.26. The van der Waals surface area contributed by atoms with Crippen molar-refractivity contribution in [1.82, 2.24) is 17.5 Å². The summed E-state index contributed by atoms with van der Waals surface area (Å²) in [6.45, 7) is 1.15. The van der Waals surface area contributed by atoms with Crippen molar-refractivity contribution in [3.8, 4) is 30.6 Å². The van der Waals surface area contributed by atoms with Crippen LogP contribution in [0.25, 0.3) is 52.7 Å². The molecule has 6 nitrogen and oxygen atoms in total. The molecule has 0 radical (unpaired) electrons. The van der Waals surface area contributed by atoms with Gasteiger partial charge in [-0.05, 0) is 24.3 Å². The predicted molar refractivity (Wildman–Crippen MR) is 133 cm³/mol. The van der Waals surface area contributed by atoms with Gasteiger partial charge in [0.1, 0.15) is 22.1 Å². The number of benzene rings is 2. The first-order chi connectivity index (χ1) is 16.3. The molecule has 0 unspecified atom stereocenters. The molecule has 0 saturated carbocycles. The summed E-state index contributed by atoms with van der Waals surface area (Å²) >= 11 is 6.04. The van der Waals surface area contributed by atoms with E-state index in [1.807, 2.05) is 24.3 Å². The smallest absolute Gasteiger partial charge is 0.225 e. The number of ether oxygens (including phenoxy) is 2. The Labute approximate surface area is 203 Å². The fourth-order valence-corrected chi connectivity index (χ4v) is 8.46. The molecule has 0 N–H and O–H groups in total. The molecule has 1 saturated heterocycles. The summed E-state index contributed by atoms with van der Waals surface area (Å²) in [5, 5.41) is 0. The van der Waals surface area contributed by atoms with Crippen molar-refractivity contribution in [2.45, 2.75) is 5.79 Å². The van der Waals surface area contributed by atoms with Crippen molar-refractivity contribution in [3.63, 3.8) is 0 Å². The van der Waals surface area contributed by atoms with Gasteiger partial charge in [0.25, 0.3) is 0 Å². The lowest BCUT2D eigenvalue weighted by Crippen LogP contribution is -2.25. The maximum absolute atomic E-state index is 6.34. The van der Waals surface area contributed by atoms with E-state index < -0.39 is 5.79 Å². The van der Waals surface area contributed by atoms with Crippen LogP contribution in [0.5, 0.6) is 0 Å². The van der Waals surface area contributed by atoms with Crippen molar-refractivity contribution in [3.05, 3.63) is 59.7 Å². The second-order valence-corrected chi connectivity index (χ2v) is 11.1. The Balaban J connectivity index is 1.35. The second kappa shape index (κ2) is 6.72. The van der Waals surface area contributed by atoms with Crippen molar-refractivity contribution >= 4 is 68.2 Å². The van der Waals surface area contributed by atoms with Gasteiger partial charge in [-0.25, -0.2) is 0 Å². The number of nitrogens with zero attached hydrogens (tertiary/aromatic N) is 4. The SMILES string of the molecule is c1cc(-c2cc3c(s2)-c2sc(-c4cccc5nsnc45)cc2C32OCCO2)c2nsnc2c1. The second-order valence-electron chi connectivity index (χ2n) is 7.90. The first-order valence-corrected chi connectivity index (χ1v) is 13.4. The van der Waals surface area contributed by atoms with E-state index in [9.17, 15) is 0 Å². The van der Waals surface area contributed by atoms with E-state index in [0.29, 0.717) is 13.2 Å². The van der Waals surface area contributed by atoms with Gasteiger partial charge in [0, 0.05) is 32.0 Å². The van der Waals surface area contributed by atoms with Crippen LogP contribution in [0.3, 0.4) is 0 Å². The minimum absolute atomic E-state index is 0.576. The lowest BCUT2D eigenvalue weighted by molar-refractivity contribution is -0.126. The molecule has 1 aliphatic heterocycles. The highest BCUT2D eigenvalue weighted by atomic mass is 32.1. The van der Waals surface area contributed by atoms with E-state index in [1.54, 1.807) is 22.7 Å². The van der Waals surface area contributed by atoms with Gasteiger partial charge in [-0.2, -0.15) is 17.5 Å². The molecule has 2 aliphatic rings. The monoisotopic (exact) mass is 504 g/mol. The zero-order valence-electron chi connectivity index (χ0n) is 16.8. The Bertz CT molecular complexity index is 1590. The number of hydrogen-bond donors (Lipinski definition) is 0. The van der Waals surface area contributed by atoms with E-state index in [2.05, 4.69) is 41.8 Å². The molecule has 2 aromatic carbocycles. The van der Waals surface area contributed by atoms with Crippen LogP contribution in [0, 0.1) is 0 Å². The Hall–Kier alpha value is -2.60. The van der Waals surface area contributed by atoms with Gasteiger partial charge < -0.3 is 9.47 Å². The largest absolute Gasteiger partial charge is 0.340 e. The summed E-state index contributed by atoms with van der Waals surface area (Å²) in [6.07, 6.45) is 0. The lowest BCUT2D eigenvalue weighted by Gasteiger charge is -2.23. The van der Waals surface area contributed by atoms with E-state index in [0.717, 1.165) is 54.1 Å². The van der Waals surface area contributed by atoms with Crippen LogP contribution in [0.1, 0.15) is 11.1 Å². The van der Waals surface area contributed by atoms with Gasteiger partial charge >= 0.3 is 0 Å². The third-order valence-electron chi connectivity index (χ3n) is 6.18.